The van der Waals surface area contributed by atoms with Crippen LogP contribution in [0.3, 0.4) is 0 Å². The van der Waals surface area contributed by atoms with Gasteiger partial charge in [0, 0.05) is 72.5 Å². The van der Waals surface area contributed by atoms with Gasteiger partial charge in [-0.15, -0.1) is 0 Å². The smallest absolute Gasteiger partial charge is 0.257 e. The van der Waals surface area contributed by atoms with Gasteiger partial charge in [0.1, 0.15) is 23.6 Å². The number of aromatic nitrogens is 3. The second-order valence-electron chi connectivity index (χ2n) is 13.0. The van der Waals surface area contributed by atoms with Crippen LogP contribution in [0, 0.1) is 24.5 Å². The maximum atomic E-state index is 14.2. The number of benzene rings is 2. The van der Waals surface area contributed by atoms with E-state index in [1.54, 1.807) is 4.57 Å². The summed E-state index contributed by atoms with van der Waals surface area (Å²) in [6.45, 7) is 6.39. The van der Waals surface area contributed by atoms with Crippen molar-refractivity contribution < 1.29 is 23.2 Å². The molecule has 1 unspecified atom stereocenters. The molecule has 9 nitrogen and oxygen atoms in total. The quantitative estimate of drug-likeness (QED) is 0.274. The average Bonchev–Trinajstić information content (AvgIpc) is 3.49. The Balaban J connectivity index is 0.944. The van der Waals surface area contributed by atoms with Gasteiger partial charge in [-0.2, -0.15) is 0 Å². The lowest BCUT2D eigenvalue weighted by atomic mass is 9.88. The number of aliphatic hydroxyl groups is 1. The molecule has 2 fully saturated rings. The summed E-state index contributed by atoms with van der Waals surface area (Å²) in [5.41, 5.74) is 4.14. The average molecular weight is 632 g/mol. The molecular formula is C35H39F2N5O4. The molecule has 1 N–H and O–H groups in total. The maximum absolute atomic E-state index is 14.2. The molecule has 2 saturated heterocycles. The zero-order valence-electron chi connectivity index (χ0n) is 26.1. The van der Waals surface area contributed by atoms with Crippen molar-refractivity contribution in [1.82, 2.24) is 19.6 Å². The Morgan fingerprint density at radius 1 is 1.00 bits per heavy atom. The van der Waals surface area contributed by atoms with E-state index in [2.05, 4.69) is 32.1 Å². The van der Waals surface area contributed by atoms with Crippen LogP contribution in [-0.4, -0.2) is 63.2 Å². The van der Waals surface area contributed by atoms with Gasteiger partial charge >= 0.3 is 0 Å². The van der Waals surface area contributed by atoms with E-state index in [1.807, 2.05) is 13.0 Å². The summed E-state index contributed by atoms with van der Waals surface area (Å²) in [5.74, 6) is -1.26. The predicted molar refractivity (Wildman–Crippen MR) is 169 cm³/mol. The largest absolute Gasteiger partial charge is 0.385 e. The first-order valence-corrected chi connectivity index (χ1v) is 16.4. The van der Waals surface area contributed by atoms with E-state index in [0.29, 0.717) is 51.1 Å². The summed E-state index contributed by atoms with van der Waals surface area (Å²) in [4.78, 5) is 35.2. The molecule has 4 aromatic rings. The van der Waals surface area contributed by atoms with Gasteiger partial charge in [0.05, 0.1) is 11.3 Å². The Morgan fingerprint density at radius 2 is 1.78 bits per heavy atom. The standard InChI is InChI=1S/C35H39F2N5O4/c1-21-26(35(45)42-13-2-3-30(43)34(42)38-21)12-16-40-14-8-22(9-15-40)32-28-7-5-25(20-31(28)46-39-32)41-17-10-23(11-18-41)33(44)27-6-4-24(36)19-29(27)37/h4-7,19-20,22-23,30,43H,2-3,8-18H2,1H3. The summed E-state index contributed by atoms with van der Waals surface area (Å²) < 4.78 is 34.9. The van der Waals surface area contributed by atoms with Crippen molar-refractivity contribution in [1.29, 1.82) is 0 Å². The van der Waals surface area contributed by atoms with Crippen molar-refractivity contribution in [3.63, 3.8) is 0 Å². The first-order valence-electron chi connectivity index (χ1n) is 16.4. The number of carbonyl (C=O) groups excluding carboxylic acids is 1. The first-order chi connectivity index (χ1) is 22.3. The molecule has 0 amide bonds. The van der Waals surface area contributed by atoms with Crippen molar-refractivity contribution in [3.05, 3.63) is 86.7 Å². The molecule has 0 aliphatic carbocycles. The molecule has 2 aromatic heterocycles. The lowest BCUT2D eigenvalue weighted by molar-refractivity contribution is 0.0896. The number of hydrogen-bond donors (Lipinski definition) is 1. The monoisotopic (exact) mass is 631 g/mol. The van der Waals surface area contributed by atoms with E-state index in [4.69, 9.17) is 4.52 Å². The predicted octanol–water partition coefficient (Wildman–Crippen LogP) is 5.32. The number of aliphatic hydroxyl groups excluding tert-OH is 1. The number of anilines is 1. The summed E-state index contributed by atoms with van der Waals surface area (Å²) in [5, 5.41) is 15.8. The molecule has 46 heavy (non-hydrogen) atoms. The molecule has 2 aromatic carbocycles. The zero-order valence-corrected chi connectivity index (χ0v) is 26.1. The van der Waals surface area contributed by atoms with Crippen LogP contribution in [0.25, 0.3) is 11.0 Å². The normalized spacial score (nSPS) is 19.9. The van der Waals surface area contributed by atoms with Crippen LogP contribution in [0.4, 0.5) is 14.5 Å². The highest BCUT2D eigenvalue weighted by Crippen LogP contribution is 2.35. The third-order valence-electron chi connectivity index (χ3n) is 10.2. The van der Waals surface area contributed by atoms with Gasteiger partial charge in [0.15, 0.2) is 11.4 Å². The molecule has 7 rings (SSSR count). The molecule has 11 heteroatoms. The fourth-order valence-electron chi connectivity index (χ4n) is 7.50. The van der Waals surface area contributed by atoms with E-state index in [9.17, 15) is 23.5 Å². The van der Waals surface area contributed by atoms with E-state index in [-0.39, 0.29) is 28.7 Å². The van der Waals surface area contributed by atoms with Crippen molar-refractivity contribution >= 4 is 22.4 Å². The number of nitrogens with zero attached hydrogens (tertiary/aromatic N) is 5. The molecule has 0 bridgehead atoms. The van der Waals surface area contributed by atoms with Crippen LogP contribution in [-0.2, 0) is 13.0 Å². The SMILES string of the molecule is Cc1nc2n(c(=O)c1CCN1CCC(c3noc4cc(N5CCC(C(=O)c6ccc(F)cc6F)CC5)ccc34)CC1)CCCC2O. The lowest BCUT2D eigenvalue weighted by Gasteiger charge is -2.33. The minimum Gasteiger partial charge on any atom is -0.385 e. The zero-order chi connectivity index (χ0) is 31.9. The van der Waals surface area contributed by atoms with Crippen molar-refractivity contribution in [2.24, 2.45) is 5.92 Å². The third-order valence-corrected chi connectivity index (χ3v) is 10.2. The fourth-order valence-corrected chi connectivity index (χ4v) is 7.50. The van der Waals surface area contributed by atoms with Gasteiger partial charge in [-0.3, -0.25) is 14.2 Å². The first kappa shape index (κ1) is 30.7. The van der Waals surface area contributed by atoms with E-state index < -0.39 is 17.7 Å². The number of hydrogen-bond acceptors (Lipinski definition) is 8. The molecule has 3 aliphatic heterocycles. The Kier molecular flexibility index (Phi) is 8.46. The minimum absolute atomic E-state index is 0.0113. The number of likely N-dealkylation sites (tertiary alicyclic amines) is 1. The Bertz CT molecular complexity index is 1820. The Labute approximate surface area is 265 Å². The second-order valence-corrected chi connectivity index (χ2v) is 13.0. The summed E-state index contributed by atoms with van der Waals surface area (Å²) in [6, 6.07) is 9.29. The number of ketones is 1. The van der Waals surface area contributed by atoms with Gasteiger partial charge in [-0.05, 0) is 89.2 Å². The van der Waals surface area contributed by atoms with E-state index >= 15 is 0 Å². The number of fused-ring (bicyclic) bond motifs is 2. The molecule has 5 heterocycles. The highest BCUT2D eigenvalue weighted by atomic mass is 19.1. The number of rotatable bonds is 7. The fraction of sp³-hybridized carbons (Fsp3) is 0.486. The molecule has 0 radical (unpaired) electrons. The number of halogens is 2. The molecular weight excluding hydrogens is 592 g/mol. The second kappa shape index (κ2) is 12.7. The van der Waals surface area contributed by atoms with Gasteiger partial charge in [0.25, 0.3) is 5.56 Å². The van der Waals surface area contributed by atoms with Gasteiger partial charge in [-0.25, -0.2) is 13.8 Å². The van der Waals surface area contributed by atoms with Crippen LogP contribution >= 0.6 is 0 Å². The number of Topliss-reactive ketones (excluding diaryl/α,β-unsaturated/α-hetero) is 1. The Morgan fingerprint density at radius 3 is 2.54 bits per heavy atom. The summed E-state index contributed by atoms with van der Waals surface area (Å²) >= 11 is 0. The molecule has 242 valence electrons. The molecule has 0 spiro atoms. The highest BCUT2D eigenvalue weighted by Gasteiger charge is 2.30. The van der Waals surface area contributed by atoms with Crippen molar-refractivity contribution in [2.75, 3.05) is 37.6 Å². The van der Waals surface area contributed by atoms with Gasteiger partial charge < -0.3 is 19.4 Å². The summed E-state index contributed by atoms with van der Waals surface area (Å²) in [6.07, 6.45) is 4.50. The number of piperidine rings is 2. The highest BCUT2D eigenvalue weighted by molar-refractivity contribution is 5.98. The van der Waals surface area contributed by atoms with Crippen LogP contribution in [0.15, 0.2) is 45.7 Å². The van der Waals surface area contributed by atoms with Crippen molar-refractivity contribution in [3.8, 4) is 0 Å². The van der Waals surface area contributed by atoms with E-state index in [0.717, 1.165) is 84.6 Å². The molecule has 0 saturated carbocycles. The topological polar surface area (TPSA) is 105 Å². The maximum Gasteiger partial charge on any atom is 0.257 e. The molecule has 3 aliphatic rings. The van der Waals surface area contributed by atoms with Crippen LogP contribution in [0.5, 0.6) is 0 Å². The Hall–Kier alpha value is -3.96. The third kappa shape index (κ3) is 5.86. The van der Waals surface area contributed by atoms with Crippen LogP contribution in [0.1, 0.15) is 83.7 Å². The van der Waals surface area contributed by atoms with Crippen molar-refractivity contribution in [2.45, 2.75) is 70.4 Å². The number of carbonyl (C=O) groups is 1. The van der Waals surface area contributed by atoms with Crippen LogP contribution < -0.4 is 10.5 Å². The molecule has 1 atom stereocenters. The van der Waals surface area contributed by atoms with Gasteiger partial charge in [-0.1, -0.05) is 5.16 Å². The van der Waals surface area contributed by atoms with Gasteiger partial charge in [0.2, 0.25) is 0 Å². The summed E-state index contributed by atoms with van der Waals surface area (Å²) in [7, 11) is 0. The number of aryl methyl sites for hydroxylation is 1. The minimum atomic E-state index is -0.804. The van der Waals surface area contributed by atoms with Crippen LogP contribution in [0.2, 0.25) is 0 Å². The lowest BCUT2D eigenvalue weighted by Crippen LogP contribution is -2.37. The van der Waals surface area contributed by atoms with E-state index in [1.165, 1.54) is 6.07 Å².